The number of aryl methyl sites for hydroxylation is 1. The summed E-state index contributed by atoms with van der Waals surface area (Å²) in [6.07, 6.45) is 2.32. The van der Waals surface area contributed by atoms with E-state index >= 15 is 0 Å². The molecule has 1 aromatic carbocycles. The molecule has 1 saturated heterocycles. The van der Waals surface area contributed by atoms with E-state index in [1.807, 2.05) is 6.92 Å². The van der Waals surface area contributed by atoms with Crippen molar-refractivity contribution in [3.8, 4) is 5.75 Å². The van der Waals surface area contributed by atoms with Crippen LogP contribution in [0.5, 0.6) is 5.75 Å². The molecule has 1 aliphatic heterocycles. The minimum atomic E-state index is 0.538. The summed E-state index contributed by atoms with van der Waals surface area (Å²) in [5.41, 5.74) is 2.88. The maximum Gasteiger partial charge on any atom is 0.119 e. The first-order chi connectivity index (χ1) is 8.24. The predicted molar refractivity (Wildman–Crippen MR) is 71.5 cm³/mol. The summed E-state index contributed by atoms with van der Waals surface area (Å²) < 4.78 is 5.57. The highest BCUT2D eigenvalue weighted by Gasteiger charge is 2.23. The Labute approximate surface area is 104 Å². The summed E-state index contributed by atoms with van der Waals surface area (Å²) in [4.78, 5) is 0. The molecule has 2 nitrogen and oxygen atoms in total. The average molecular weight is 233 g/mol. The molecule has 94 valence electrons. The second kappa shape index (κ2) is 5.54. The van der Waals surface area contributed by atoms with Crippen LogP contribution in [0.1, 0.15) is 44.4 Å². The van der Waals surface area contributed by atoms with Crippen molar-refractivity contribution in [1.82, 2.24) is 5.32 Å². The van der Waals surface area contributed by atoms with Gasteiger partial charge in [0.2, 0.25) is 0 Å². The molecule has 1 aliphatic rings. The summed E-state index contributed by atoms with van der Waals surface area (Å²) >= 11 is 0. The summed E-state index contributed by atoms with van der Waals surface area (Å²) in [6.45, 7) is 8.43. The van der Waals surface area contributed by atoms with Crippen molar-refractivity contribution in [2.24, 2.45) is 5.92 Å². The number of hydrogen-bond donors (Lipinski definition) is 1. The van der Waals surface area contributed by atoms with Crippen LogP contribution in [-0.4, -0.2) is 13.2 Å². The molecule has 1 fully saturated rings. The first-order valence-electron chi connectivity index (χ1n) is 6.73. The molecule has 0 radical (unpaired) electrons. The van der Waals surface area contributed by atoms with E-state index in [4.69, 9.17) is 4.74 Å². The molecular formula is C15H23NO. The fraction of sp³-hybridized carbons (Fsp3) is 0.600. The van der Waals surface area contributed by atoms with Crippen LogP contribution < -0.4 is 10.1 Å². The topological polar surface area (TPSA) is 21.3 Å². The Hall–Kier alpha value is -1.02. The quantitative estimate of drug-likeness (QED) is 0.861. The van der Waals surface area contributed by atoms with Crippen molar-refractivity contribution in [1.29, 1.82) is 0 Å². The van der Waals surface area contributed by atoms with E-state index in [2.05, 4.69) is 37.4 Å². The molecule has 17 heavy (non-hydrogen) atoms. The molecule has 0 aliphatic carbocycles. The van der Waals surface area contributed by atoms with Gasteiger partial charge >= 0.3 is 0 Å². The monoisotopic (exact) mass is 233 g/mol. The van der Waals surface area contributed by atoms with Gasteiger partial charge in [0.1, 0.15) is 5.75 Å². The Kier molecular flexibility index (Phi) is 4.06. The van der Waals surface area contributed by atoms with E-state index < -0.39 is 0 Å². The fourth-order valence-electron chi connectivity index (χ4n) is 2.63. The highest BCUT2D eigenvalue weighted by atomic mass is 16.5. The zero-order valence-electron chi connectivity index (χ0n) is 11.1. The standard InChI is InChI=1S/C15H23NO/c1-4-12-9-13(17-5-2)6-7-14(12)15-8-11(3)10-16-15/h6-7,9,11,15-16H,4-5,8,10H2,1-3H3/t11-,15+/m1/s1. The van der Waals surface area contributed by atoms with E-state index in [0.29, 0.717) is 6.04 Å². The fourth-order valence-corrected chi connectivity index (χ4v) is 2.63. The molecule has 0 saturated carbocycles. The van der Waals surface area contributed by atoms with Gasteiger partial charge in [-0.3, -0.25) is 0 Å². The lowest BCUT2D eigenvalue weighted by molar-refractivity contribution is 0.339. The van der Waals surface area contributed by atoms with E-state index in [1.165, 1.54) is 17.5 Å². The van der Waals surface area contributed by atoms with Gasteiger partial charge in [0, 0.05) is 6.04 Å². The van der Waals surface area contributed by atoms with Crippen LogP contribution in [0, 0.1) is 5.92 Å². The summed E-state index contributed by atoms with van der Waals surface area (Å²) in [5, 5.41) is 3.61. The minimum absolute atomic E-state index is 0.538. The first-order valence-corrected chi connectivity index (χ1v) is 6.73. The van der Waals surface area contributed by atoms with Crippen molar-refractivity contribution in [3.63, 3.8) is 0 Å². The Bertz CT molecular complexity index is 375. The third kappa shape index (κ3) is 2.81. The van der Waals surface area contributed by atoms with Crippen LogP contribution in [0.25, 0.3) is 0 Å². The Morgan fingerprint density at radius 2 is 2.18 bits per heavy atom. The average Bonchev–Trinajstić information content (AvgIpc) is 2.76. The normalized spacial score (nSPS) is 23.9. The molecule has 1 aromatic rings. The van der Waals surface area contributed by atoms with Gasteiger partial charge in [-0.1, -0.05) is 19.9 Å². The molecule has 1 N–H and O–H groups in total. The predicted octanol–water partition coefficient (Wildman–Crippen LogP) is 3.32. The molecule has 0 aromatic heterocycles. The van der Waals surface area contributed by atoms with Gasteiger partial charge in [0.25, 0.3) is 0 Å². The van der Waals surface area contributed by atoms with Crippen molar-refractivity contribution < 1.29 is 4.74 Å². The Balaban J connectivity index is 2.21. The minimum Gasteiger partial charge on any atom is -0.494 e. The van der Waals surface area contributed by atoms with Gasteiger partial charge in [-0.25, -0.2) is 0 Å². The second-order valence-electron chi connectivity index (χ2n) is 4.95. The van der Waals surface area contributed by atoms with Crippen LogP contribution in [0.15, 0.2) is 18.2 Å². The lowest BCUT2D eigenvalue weighted by atomic mass is 9.95. The van der Waals surface area contributed by atoms with Gasteiger partial charge < -0.3 is 10.1 Å². The van der Waals surface area contributed by atoms with E-state index in [1.54, 1.807) is 0 Å². The third-order valence-corrected chi connectivity index (χ3v) is 3.53. The zero-order chi connectivity index (χ0) is 12.3. The van der Waals surface area contributed by atoms with E-state index in [9.17, 15) is 0 Å². The van der Waals surface area contributed by atoms with Gasteiger partial charge in [-0.15, -0.1) is 0 Å². The Morgan fingerprint density at radius 1 is 1.35 bits per heavy atom. The smallest absolute Gasteiger partial charge is 0.119 e. The summed E-state index contributed by atoms with van der Waals surface area (Å²) in [5.74, 6) is 1.79. The van der Waals surface area contributed by atoms with Crippen molar-refractivity contribution in [2.75, 3.05) is 13.2 Å². The van der Waals surface area contributed by atoms with E-state index in [-0.39, 0.29) is 0 Å². The van der Waals surface area contributed by atoms with Crippen molar-refractivity contribution >= 4 is 0 Å². The highest BCUT2D eigenvalue weighted by Crippen LogP contribution is 2.31. The zero-order valence-corrected chi connectivity index (χ0v) is 11.1. The number of hydrogen-bond acceptors (Lipinski definition) is 2. The second-order valence-corrected chi connectivity index (χ2v) is 4.95. The lowest BCUT2D eigenvalue weighted by Gasteiger charge is -2.16. The van der Waals surface area contributed by atoms with Crippen LogP contribution in [0.4, 0.5) is 0 Å². The largest absolute Gasteiger partial charge is 0.494 e. The van der Waals surface area contributed by atoms with Crippen molar-refractivity contribution in [2.45, 2.75) is 39.7 Å². The maximum absolute atomic E-state index is 5.57. The lowest BCUT2D eigenvalue weighted by Crippen LogP contribution is -2.15. The number of ether oxygens (including phenoxy) is 1. The Morgan fingerprint density at radius 3 is 2.76 bits per heavy atom. The summed E-state index contributed by atoms with van der Waals surface area (Å²) in [6, 6.07) is 7.07. The van der Waals surface area contributed by atoms with Gasteiger partial charge in [0.15, 0.2) is 0 Å². The highest BCUT2D eigenvalue weighted by molar-refractivity contribution is 5.38. The number of rotatable bonds is 4. The van der Waals surface area contributed by atoms with Crippen LogP contribution in [-0.2, 0) is 6.42 Å². The molecule has 2 heteroatoms. The van der Waals surface area contributed by atoms with Crippen LogP contribution in [0.2, 0.25) is 0 Å². The molecule has 2 atom stereocenters. The molecule has 0 bridgehead atoms. The maximum atomic E-state index is 5.57. The van der Waals surface area contributed by atoms with Crippen LogP contribution >= 0.6 is 0 Å². The molecule has 1 heterocycles. The van der Waals surface area contributed by atoms with Gasteiger partial charge in [-0.05, 0) is 55.5 Å². The molecule has 0 amide bonds. The van der Waals surface area contributed by atoms with E-state index in [0.717, 1.165) is 31.2 Å². The van der Waals surface area contributed by atoms with Gasteiger partial charge in [0.05, 0.1) is 6.61 Å². The van der Waals surface area contributed by atoms with Crippen LogP contribution in [0.3, 0.4) is 0 Å². The first kappa shape index (κ1) is 12.4. The number of benzene rings is 1. The third-order valence-electron chi connectivity index (χ3n) is 3.53. The molecule has 0 spiro atoms. The van der Waals surface area contributed by atoms with Crippen molar-refractivity contribution in [3.05, 3.63) is 29.3 Å². The summed E-state index contributed by atoms with van der Waals surface area (Å²) in [7, 11) is 0. The molecular weight excluding hydrogens is 210 g/mol. The molecule has 0 unspecified atom stereocenters. The SMILES string of the molecule is CCOc1ccc([C@@H]2C[C@@H](C)CN2)c(CC)c1. The number of nitrogens with one attached hydrogen (secondary N) is 1. The molecule has 2 rings (SSSR count). The van der Waals surface area contributed by atoms with Gasteiger partial charge in [-0.2, -0.15) is 0 Å².